The van der Waals surface area contributed by atoms with Crippen LogP contribution in [0.3, 0.4) is 0 Å². The first kappa shape index (κ1) is 24.8. The van der Waals surface area contributed by atoms with Crippen molar-refractivity contribution in [1.29, 1.82) is 0 Å². The van der Waals surface area contributed by atoms with Crippen LogP contribution in [0.15, 0.2) is 71.9 Å². The first-order chi connectivity index (χ1) is 18.0. The summed E-state index contributed by atoms with van der Waals surface area (Å²) in [5.74, 6) is 5.20. The van der Waals surface area contributed by atoms with E-state index >= 15 is 0 Å². The summed E-state index contributed by atoms with van der Waals surface area (Å²) in [7, 11) is 0. The molecule has 1 saturated carbocycles. The first-order valence-corrected chi connectivity index (χ1v) is 13.0. The number of hydrogen-bond donors (Lipinski definition) is 2. The van der Waals surface area contributed by atoms with Crippen LogP contribution >= 0.6 is 0 Å². The number of hydrogen-bond acceptors (Lipinski definition) is 5. The molecular formula is C30H32N4O3. The van der Waals surface area contributed by atoms with Crippen LogP contribution in [0, 0.1) is 23.7 Å². The number of para-hydroxylation sites is 1. The molecule has 0 spiro atoms. The van der Waals surface area contributed by atoms with E-state index in [1.165, 1.54) is 0 Å². The third-order valence-corrected chi connectivity index (χ3v) is 7.11. The third-order valence-electron chi connectivity index (χ3n) is 7.11. The Morgan fingerprint density at radius 1 is 1.16 bits per heavy atom. The molecule has 0 aromatic heterocycles. The molecular weight excluding hydrogens is 464 g/mol. The fourth-order valence-corrected chi connectivity index (χ4v) is 4.85. The lowest BCUT2D eigenvalue weighted by Crippen LogP contribution is -2.52. The molecule has 2 aromatic carbocycles. The number of aliphatic hydroxyl groups excluding tert-OH is 1. The van der Waals surface area contributed by atoms with Gasteiger partial charge in [0, 0.05) is 23.4 Å². The molecule has 0 saturated heterocycles. The molecule has 2 aromatic rings. The first-order valence-electron chi connectivity index (χ1n) is 13.0. The Labute approximate surface area is 217 Å². The van der Waals surface area contributed by atoms with Gasteiger partial charge in [-0.3, -0.25) is 14.5 Å². The number of aliphatic imine (C=N–C) groups is 1. The molecule has 37 heavy (non-hydrogen) atoms. The van der Waals surface area contributed by atoms with Crippen LogP contribution in [-0.4, -0.2) is 53.0 Å². The molecule has 7 heteroatoms. The second-order valence-corrected chi connectivity index (χ2v) is 9.82. The van der Waals surface area contributed by atoms with E-state index in [0.717, 1.165) is 29.7 Å². The van der Waals surface area contributed by atoms with Gasteiger partial charge in [-0.25, -0.2) is 4.99 Å². The number of rotatable bonds is 9. The summed E-state index contributed by atoms with van der Waals surface area (Å²) < 4.78 is 0. The van der Waals surface area contributed by atoms with E-state index in [-0.39, 0.29) is 18.5 Å². The minimum absolute atomic E-state index is 0.272. The summed E-state index contributed by atoms with van der Waals surface area (Å²) in [6.07, 6.45) is 5.00. The standard InChI is InChI=1S/C30H32N4O3/c1-2-26(35)24(19-21-15-16-21)29(36)32-28-30(37)34(20-33-17-9-4-10-18-33)25-14-8-7-13-23(25)27(31-28)22-11-5-3-6-12-22/h3,5-9,11-14,17,21,24,26,28,35H,2,15-16,18-20H2,1H3,(H,32,36). The number of amides is 2. The normalized spacial score (nSPS) is 20.2. The van der Waals surface area contributed by atoms with Crippen molar-refractivity contribution in [1.82, 2.24) is 10.2 Å². The molecule has 2 aliphatic heterocycles. The zero-order chi connectivity index (χ0) is 25.8. The van der Waals surface area contributed by atoms with Gasteiger partial charge < -0.3 is 15.3 Å². The van der Waals surface area contributed by atoms with Gasteiger partial charge in [0.2, 0.25) is 12.1 Å². The predicted molar refractivity (Wildman–Crippen MR) is 144 cm³/mol. The molecule has 3 aliphatic rings. The summed E-state index contributed by atoms with van der Waals surface area (Å²) in [4.78, 5) is 36.0. The molecule has 2 heterocycles. The fourth-order valence-electron chi connectivity index (χ4n) is 4.85. The topological polar surface area (TPSA) is 85.2 Å². The van der Waals surface area contributed by atoms with Crippen LogP contribution in [0.4, 0.5) is 5.69 Å². The van der Waals surface area contributed by atoms with Crippen molar-refractivity contribution < 1.29 is 14.7 Å². The van der Waals surface area contributed by atoms with E-state index in [2.05, 4.69) is 17.2 Å². The number of nitrogens with one attached hydrogen (secondary N) is 1. The number of anilines is 1. The van der Waals surface area contributed by atoms with Crippen LogP contribution in [0.5, 0.6) is 0 Å². The van der Waals surface area contributed by atoms with Gasteiger partial charge in [0.25, 0.3) is 5.91 Å². The maximum absolute atomic E-state index is 14.0. The van der Waals surface area contributed by atoms with E-state index in [0.29, 0.717) is 31.0 Å². The van der Waals surface area contributed by atoms with Crippen molar-refractivity contribution in [2.75, 3.05) is 18.1 Å². The smallest absolute Gasteiger partial charge is 0.273 e. The summed E-state index contributed by atoms with van der Waals surface area (Å²) in [6, 6.07) is 17.4. The summed E-state index contributed by atoms with van der Waals surface area (Å²) in [5, 5.41) is 13.6. The van der Waals surface area contributed by atoms with Gasteiger partial charge >= 0.3 is 0 Å². The van der Waals surface area contributed by atoms with Crippen LogP contribution in [0.25, 0.3) is 0 Å². The Balaban J connectivity index is 1.53. The Morgan fingerprint density at radius 3 is 2.62 bits per heavy atom. The van der Waals surface area contributed by atoms with Crippen molar-refractivity contribution in [2.24, 2.45) is 16.8 Å². The molecule has 5 rings (SSSR count). The van der Waals surface area contributed by atoms with Crippen molar-refractivity contribution in [3.8, 4) is 11.8 Å². The Morgan fingerprint density at radius 2 is 1.92 bits per heavy atom. The number of benzodiazepines with no additional fused rings is 1. The van der Waals surface area contributed by atoms with Crippen molar-refractivity contribution in [3.63, 3.8) is 0 Å². The number of benzene rings is 2. The van der Waals surface area contributed by atoms with Crippen LogP contribution in [-0.2, 0) is 9.59 Å². The maximum Gasteiger partial charge on any atom is 0.273 e. The van der Waals surface area contributed by atoms with Gasteiger partial charge in [-0.05, 0) is 24.8 Å². The molecule has 1 aliphatic carbocycles. The maximum atomic E-state index is 14.0. The molecule has 190 valence electrons. The quantitative estimate of drug-likeness (QED) is 0.522. The van der Waals surface area contributed by atoms with E-state index in [9.17, 15) is 14.7 Å². The van der Waals surface area contributed by atoms with Gasteiger partial charge in [0.15, 0.2) is 0 Å². The van der Waals surface area contributed by atoms with Crippen LogP contribution in [0.2, 0.25) is 0 Å². The summed E-state index contributed by atoms with van der Waals surface area (Å²) in [5.41, 5.74) is 3.03. The van der Waals surface area contributed by atoms with Crippen LogP contribution < -0.4 is 10.2 Å². The molecule has 1 fully saturated rings. The average Bonchev–Trinajstić information content (AvgIpc) is 3.78. The Kier molecular flexibility index (Phi) is 7.38. The Bertz CT molecular complexity index is 1270. The molecule has 3 unspecified atom stereocenters. The van der Waals surface area contributed by atoms with Crippen molar-refractivity contribution in [3.05, 3.63) is 78.0 Å². The molecule has 2 amide bonds. The molecule has 3 atom stereocenters. The zero-order valence-electron chi connectivity index (χ0n) is 21.0. The van der Waals surface area contributed by atoms with Gasteiger partial charge in [-0.1, -0.05) is 80.1 Å². The summed E-state index contributed by atoms with van der Waals surface area (Å²) >= 11 is 0. The van der Waals surface area contributed by atoms with Gasteiger partial charge in [-0.15, -0.1) is 0 Å². The SMILES string of the molecule is CCC(O)C(CC1CC1)C(=O)NC1N=C(c2ccccc2)c2ccccc2N(CN2C=CC#CC2)C1=O. The van der Waals surface area contributed by atoms with E-state index in [1.54, 1.807) is 11.0 Å². The highest BCUT2D eigenvalue weighted by molar-refractivity contribution is 6.20. The number of nitrogens with zero attached hydrogens (tertiary/aromatic N) is 3. The second-order valence-electron chi connectivity index (χ2n) is 9.82. The number of fused-ring (bicyclic) bond motifs is 1. The number of carbonyl (C=O) groups excluding carboxylic acids is 2. The van der Waals surface area contributed by atoms with Gasteiger partial charge in [0.05, 0.1) is 36.6 Å². The van der Waals surface area contributed by atoms with Gasteiger partial charge in [-0.2, -0.15) is 0 Å². The molecule has 0 radical (unpaired) electrons. The highest BCUT2D eigenvalue weighted by Crippen LogP contribution is 2.37. The number of allylic oxidation sites excluding steroid dienone is 1. The van der Waals surface area contributed by atoms with Crippen LogP contribution in [0.1, 0.15) is 43.7 Å². The highest BCUT2D eigenvalue weighted by atomic mass is 16.3. The number of aliphatic hydroxyl groups is 1. The third kappa shape index (κ3) is 5.60. The largest absolute Gasteiger partial charge is 0.392 e. The molecule has 2 N–H and O–H groups in total. The van der Waals surface area contributed by atoms with E-state index < -0.39 is 18.2 Å². The average molecular weight is 497 g/mol. The number of carbonyl (C=O) groups is 2. The fraction of sp³-hybridized carbons (Fsp3) is 0.367. The molecule has 0 bridgehead atoms. The predicted octanol–water partition coefficient (Wildman–Crippen LogP) is 3.29. The van der Waals surface area contributed by atoms with Crippen molar-refractivity contribution >= 4 is 23.2 Å². The van der Waals surface area contributed by atoms with E-state index in [1.807, 2.05) is 72.6 Å². The highest BCUT2D eigenvalue weighted by Gasteiger charge is 2.38. The van der Waals surface area contributed by atoms with Gasteiger partial charge in [0.1, 0.15) is 0 Å². The minimum Gasteiger partial charge on any atom is -0.392 e. The Hall–Kier alpha value is -3.89. The van der Waals surface area contributed by atoms with Crippen molar-refractivity contribution in [2.45, 2.75) is 44.9 Å². The lowest BCUT2D eigenvalue weighted by atomic mass is 9.93. The zero-order valence-corrected chi connectivity index (χ0v) is 21.0. The minimum atomic E-state index is -1.12. The second kappa shape index (κ2) is 11.0. The lowest BCUT2D eigenvalue weighted by molar-refractivity contribution is -0.133. The summed E-state index contributed by atoms with van der Waals surface area (Å²) in [6.45, 7) is 2.64. The monoisotopic (exact) mass is 496 g/mol. The molecule has 7 nitrogen and oxygen atoms in total. The lowest BCUT2D eigenvalue weighted by Gasteiger charge is -2.31. The van der Waals surface area contributed by atoms with E-state index in [4.69, 9.17) is 4.99 Å².